The molecule has 0 aliphatic heterocycles. The molecule has 1 fully saturated rings. The zero-order chi connectivity index (χ0) is 16.7. The smallest absolute Gasteiger partial charge is 0.317 e. The lowest BCUT2D eigenvalue weighted by atomic mass is 9.86. The predicted molar refractivity (Wildman–Crippen MR) is 90.6 cm³/mol. The minimum absolute atomic E-state index is 0.103. The molecule has 0 spiro atoms. The Hall–Kier alpha value is -2.04. The number of hydrogen-bond acceptors (Lipinski definition) is 2. The van der Waals surface area contributed by atoms with Crippen LogP contribution < -0.4 is 11.1 Å². The molecule has 126 valence electrons. The average molecular weight is 317 g/mol. The number of nitrogens with zero attached hydrogens (tertiary/aromatic N) is 1. The first kappa shape index (κ1) is 17.3. The summed E-state index contributed by atoms with van der Waals surface area (Å²) >= 11 is 0. The van der Waals surface area contributed by atoms with Crippen molar-refractivity contribution in [1.82, 2.24) is 10.2 Å². The molecular weight excluding hydrogens is 290 g/mol. The van der Waals surface area contributed by atoms with E-state index < -0.39 is 0 Å². The van der Waals surface area contributed by atoms with Crippen molar-refractivity contribution < 1.29 is 9.59 Å². The Bertz CT molecular complexity index is 518. The van der Waals surface area contributed by atoms with Crippen LogP contribution in [0.15, 0.2) is 30.3 Å². The van der Waals surface area contributed by atoms with Crippen molar-refractivity contribution in [3.63, 3.8) is 0 Å². The van der Waals surface area contributed by atoms with Crippen LogP contribution in [0.5, 0.6) is 0 Å². The van der Waals surface area contributed by atoms with E-state index in [0.717, 1.165) is 24.8 Å². The summed E-state index contributed by atoms with van der Waals surface area (Å²) in [4.78, 5) is 25.4. The van der Waals surface area contributed by atoms with Gasteiger partial charge in [-0.2, -0.15) is 0 Å². The number of primary amides is 1. The molecule has 2 rings (SSSR count). The number of benzene rings is 1. The van der Waals surface area contributed by atoms with Crippen molar-refractivity contribution in [1.29, 1.82) is 0 Å². The summed E-state index contributed by atoms with van der Waals surface area (Å²) in [5.74, 6) is 0.115. The lowest BCUT2D eigenvalue weighted by Gasteiger charge is -2.32. The van der Waals surface area contributed by atoms with Gasteiger partial charge in [0.15, 0.2) is 0 Å². The van der Waals surface area contributed by atoms with Crippen LogP contribution in [0.3, 0.4) is 0 Å². The maximum Gasteiger partial charge on any atom is 0.317 e. The summed E-state index contributed by atoms with van der Waals surface area (Å²) < 4.78 is 0. The minimum atomic E-state index is -0.387. The average Bonchev–Trinajstić information content (AvgIpc) is 2.54. The summed E-state index contributed by atoms with van der Waals surface area (Å²) in [5.41, 5.74) is 6.29. The van der Waals surface area contributed by atoms with E-state index >= 15 is 0 Å². The third kappa shape index (κ3) is 5.58. The van der Waals surface area contributed by atoms with Gasteiger partial charge in [-0.25, -0.2) is 4.79 Å². The third-order valence-corrected chi connectivity index (χ3v) is 4.55. The van der Waals surface area contributed by atoms with Crippen LogP contribution in [0.25, 0.3) is 0 Å². The van der Waals surface area contributed by atoms with Crippen LogP contribution in [-0.2, 0) is 11.3 Å². The van der Waals surface area contributed by atoms with Gasteiger partial charge in [0.05, 0.1) is 0 Å². The highest BCUT2D eigenvalue weighted by molar-refractivity contribution is 5.77. The summed E-state index contributed by atoms with van der Waals surface area (Å²) in [6, 6.07) is 9.92. The molecule has 1 aliphatic rings. The Balaban J connectivity index is 1.99. The maximum absolute atomic E-state index is 12.6. The molecule has 1 aromatic rings. The van der Waals surface area contributed by atoms with Crippen molar-refractivity contribution in [2.75, 3.05) is 6.54 Å². The molecule has 3 N–H and O–H groups in total. The van der Waals surface area contributed by atoms with Crippen molar-refractivity contribution in [3.8, 4) is 0 Å². The fraction of sp³-hybridized carbons (Fsp3) is 0.556. The standard InChI is InChI=1S/C18H27N3O2/c1-14-7-5-6-10-16(14)20-18(23)21(12-11-17(19)22)13-15-8-3-2-4-9-15/h2-4,8-9,14,16H,5-7,10-13H2,1H3,(H2,19,22)(H,20,23). The van der Waals surface area contributed by atoms with Gasteiger partial charge in [-0.05, 0) is 24.3 Å². The van der Waals surface area contributed by atoms with E-state index in [1.165, 1.54) is 6.42 Å². The predicted octanol–water partition coefficient (Wildman–Crippen LogP) is 2.65. The lowest BCUT2D eigenvalue weighted by Crippen LogP contribution is -2.48. The third-order valence-electron chi connectivity index (χ3n) is 4.55. The molecule has 0 heterocycles. The number of rotatable bonds is 6. The fourth-order valence-corrected chi connectivity index (χ4v) is 3.08. The molecule has 5 heteroatoms. The molecule has 3 amide bonds. The van der Waals surface area contributed by atoms with Crippen LogP contribution in [0.2, 0.25) is 0 Å². The molecule has 2 unspecified atom stereocenters. The molecule has 0 saturated heterocycles. The molecule has 2 atom stereocenters. The Morgan fingerprint density at radius 2 is 1.91 bits per heavy atom. The van der Waals surface area contributed by atoms with E-state index in [0.29, 0.717) is 19.0 Å². The Morgan fingerprint density at radius 3 is 2.57 bits per heavy atom. The van der Waals surface area contributed by atoms with E-state index in [1.54, 1.807) is 4.90 Å². The van der Waals surface area contributed by atoms with Crippen molar-refractivity contribution in [3.05, 3.63) is 35.9 Å². The van der Waals surface area contributed by atoms with Crippen LogP contribution in [-0.4, -0.2) is 29.4 Å². The Kier molecular flexibility index (Phi) is 6.44. The first-order chi connectivity index (χ1) is 11.1. The van der Waals surface area contributed by atoms with Crippen LogP contribution in [0.1, 0.15) is 44.6 Å². The molecule has 1 saturated carbocycles. The van der Waals surface area contributed by atoms with E-state index in [9.17, 15) is 9.59 Å². The number of hydrogen-bond donors (Lipinski definition) is 2. The van der Waals surface area contributed by atoms with Crippen molar-refractivity contribution in [2.24, 2.45) is 11.7 Å². The molecule has 23 heavy (non-hydrogen) atoms. The highest BCUT2D eigenvalue weighted by Crippen LogP contribution is 2.24. The van der Waals surface area contributed by atoms with Gasteiger partial charge < -0.3 is 16.0 Å². The summed E-state index contributed by atoms with van der Waals surface area (Å²) in [5, 5.41) is 3.15. The highest BCUT2D eigenvalue weighted by Gasteiger charge is 2.25. The molecule has 0 radical (unpaired) electrons. The molecular formula is C18H27N3O2. The number of nitrogens with one attached hydrogen (secondary N) is 1. The van der Waals surface area contributed by atoms with E-state index in [2.05, 4.69) is 12.2 Å². The summed E-state index contributed by atoms with van der Waals surface area (Å²) in [7, 11) is 0. The van der Waals surface area contributed by atoms with Gasteiger partial charge in [0.1, 0.15) is 0 Å². The van der Waals surface area contributed by atoms with Crippen molar-refractivity contribution >= 4 is 11.9 Å². The van der Waals surface area contributed by atoms with Crippen LogP contribution in [0.4, 0.5) is 4.79 Å². The maximum atomic E-state index is 12.6. The topological polar surface area (TPSA) is 75.4 Å². The number of carbonyl (C=O) groups excluding carboxylic acids is 2. The van der Waals surface area contributed by atoms with Gasteiger partial charge in [-0.15, -0.1) is 0 Å². The fourth-order valence-electron chi connectivity index (χ4n) is 3.08. The van der Waals surface area contributed by atoms with Crippen LogP contribution in [0, 0.1) is 5.92 Å². The number of nitrogens with two attached hydrogens (primary N) is 1. The van der Waals surface area contributed by atoms with Gasteiger partial charge in [0.25, 0.3) is 0 Å². The number of urea groups is 1. The zero-order valence-electron chi connectivity index (χ0n) is 13.8. The van der Waals surface area contributed by atoms with Gasteiger partial charge in [0.2, 0.25) is 5.91 Å². The largest absolute Gasteiger partial charge is 0.370 e. The Labute approximate surface area is 138 Å². The van der Waals surface area contributed by atoms with E-state index in [1.807, 2.05) is 30.3 Å². The quantitative estimate of drug-likeness (QED) is 0.846. The van der Waals surface area contributed by atoms with Crippen LogP contribution >= 0.6 is 0 Å². The van der Waals surface area contributed by atoms with Crippen molar-refractivity contribution in [2.45, 2.75) is 51.6 Å². The number of amides is 3. The zero-order valence-corrected chi connectivity index (χ0v) is 13.8. The summed E-state index contributed by atoms with van der Waals surface area (Å²) in [6.07, 6.45) is 4.77. The van der Waals surface area contributed by atoms with Gasteiger partial charge in [-0.1, -0.05) is 50.1 Å². The first-order valence-electron chi connectivity index (χ1n) is 8.44. The van der Waals surface area contributed by atoms with E-state index in [-0.39, 0.29) is 24.4 Å². The molecule has 0 aromatic heterocycles. The SMILES string of the molecule is CC1CCCCC1NC(=O)N(CCC(N)=O)Cc1ccccc1. The summed E-state index contributed by atoms with van der Waals surface area (Å²) in [6.45, 7) is 3.02. The molecule has 0 bridgehead atoms. The minimum Gasteiger partial charge on any atom is -0.370 e. The lowest BCUT2D eigenvalue weighted by molar-refractivity contribution is -0.118. The Morgan fingerprint density at radius 1 is 1.22 bits per heavy atom. The first-order valence-corrected chi connectivity index (χ1v) is 8.44. The highest BCUT2D eigenvalue weighted by atomic mass is 16.2. The number of carbonyl (C=O) groups is 2. The van der Waals surface area contributed by atoms with Gasteiger partial charge in [0, 0.05) is 25.6 Å². The molecule has 5 nitrogen and oxygen atoms in total. The van der Waals surface area contributed by atoms with Gasteiger partial charge in [-0.3, -0.25) is 4.79 Å². The second-order valence-corrected chi connectivity index (χ2v) is 6.44. The second-order valence-electron chi connectivity index (χ2n) is 6.44. The normalized spacial score (nSPS) is 20.7. The molecule has 1 aromatic carbocycles. The monoisotopic (exact) mass is 317 g/mol. The van der Waals surface area contributed by atoms with E-state index in [4.69, 9.17) is 5.73 Å². The second kappa shape index (κ2) is 8.56. The van der Waals surface area contributed by atoms with Gasteiger partial charge >= 0.3 is 6.03 Å². The molecule has 1 aliphatic carbocycles.